The molecule has 2 atom stereocenters. The molecule has 0 radical (unpaired) electrons. The second-order valence-electron chi connectivity index (χ2n) is 8.88. The van der Waals surface area contributed by atoms with Gasteiger partial charge in [0.1, 0.15) is 6.54 Å². The van der Waals surface area contributed by atoms with Crippen molar-refractivity contribution in [1.29, 1.82) is 0 Å². The van der Waals surface area contributed by atoms with Gasteiger partial charge in [-0.25, -0.2) is 14.5 Å². The summed E-state index contributed by atoms with van der Waals surface area (Å²) in [5, 5.41) is 12.4. The molecule has 34 heavy (non-hydrogen) atoms. The number of anilines is 1. The molecule has 0 unspecified atom stereocenters. The van der Waals surface area contributed by atoms with Crippen molar-refractivity contribution >= 4 is 29.6 Å². The quantitative estimate of drug-likeness (QED) is 0.630. The molecule has 0 bridgehead atoms. The number of rotatable bonds is 4. The monoisotopic (exact) mass is 466 g/mol. The molecule has 1 aliphatic carbocycles. The van der Waals surface area contributed by atoms with Gasteiger partial charge in [-0.3, -0.25) is 14.7 Å². The Bertz CT molecular complexity index is 1190. The summed E-state index contributed by atoms with van der Waals surface area (Å²) >= 11 is 0. The molecular formula is C23H26N6O5. The molecule has 2 fully saturated rings. The molecule has 3 aliphatic rings. The Balaban J connectivity index is 1.34. The molecule has 5 amide bonds. The Hall–Kier alpha value is -3.89. The molecule has 1 spiro atoms. The van der Waals surface area contributed by atoms with Crippen molar-refractivity contribution in [2.24, 2.45) is 0 Å². The topological polar surface area (TPSA) is 137 Å². The van der Waals surface area contributed by atoms with Crippen LogP contribution in [0.5, 0.6) is 0 Å². The zero-order valence-electron chi connectivity index (χ0n) is 19.0. The highest BCUT2D eigenvalue weighted by atomic mass is 16.6. The van der Waals surface area contributed by atoms with Crippen LogP contribution in [0.1, 0.15) is 47.8 Å². The molecular weight excluding hydrogens is 440 g/mol. The van der Waals surface area contributed by atoms with Crippen LogP contribution in [-0.2, 0) is 26.3 Å². The molecule has 3 heterocycles. The third-order valence-electron chi connectivity index (χ3n) is 6.78. The lowest BCUT2D eigenvalue weighted by Crippen LogP contribution is -2.44. The minimum absolute atomic E-state index is 0.182. The molecule has 178 valence electrons. The number of carbonyl (C=O) groups excluding carboxylic acids is 4. The molecule has 2 aliphatic heterocycles. The lowest BCUT2D eigenvalue weighted by atomic mass is 9.94. The number of aryl methyl sites for hydroxylation is 2. The number of hydrogen-bond acceptors (Lipinski definition) is 6. The van der Waals surface area contributed by atoms with Crippen LogP contribution in [0.4, 0.5) is 15.3 Å². The number of benzene rings is 1. The number of hydrogen-bond donors (Lipinski definition) is 3. The van der Waals surface area contributed by atoms with Crippen molar-refractivity contribution in [2.75, 3.05) is 25.5 Å². The van der Waals surface area contributed by atoms with Gasteiger partial charge in [-0.2, -0.15) is 5.10 Å². The maximum Gasteiger partial charge on any atom is 0.418 e. The summed E-state index contributed by atoms with van der Waals surface area (Å²) < 4.78 is 5.63. The maximum absolute atomic E-state index is 13.4. The molecule has 11 heteroatoms. The van der Waals surface area contributed by atoms with Crippen molar-refractivity contribution < 1.29 is 23.9 Å². The third kappa shape index (κ3) is 3.47. The molecule has 11 nitrogen and oxygen atoms in total. The van der Waals surface area contributed by atoms with E-state index in [0.29, 0.717) is 30.6 Å². The molecule has 2 saturated heterocycles. The lowest BCUT2D eigenvalue weighted by molar-refractivity contribution is -0.142. The van der Waals surface area contributed by atoms with Crippen LogP contribution in [0, 0.1) is 6.92 Å². The Kier molecular flexibility index (Phi) is 5.26. The van der Waals surface area contributed by atoms with Crippen molar-refractivity contribution in [1.82, 2.24) is 25.3 Å². The van der Waals surface area contributed by atoms with E-state index in [1.54, 1.807) is 23.1 Å². The van der Waals surface area contributed by atoms with Crippen LogP contribution in [0.2, 0.25) is 0 Å². The van der Waals surface area contributed by atoms with E-state index in [2.05, 4.69) is 20.8 Å². The van der Waals surface area contributed by atoms with Crippen LogP contribution >= 0.6 is 0 Å². The molecule has 1 aromatic heterocycles. The average molecular weight is 466 g/mol. The number of aromatic nitrogens is 2. The highest BCUT2D eigenvalue weighted by molar-refractivity contribution is 6.06. The third-order valence-corrected chi connectivity index (χ3v) is 6.78. The van der Waals surface area contributed by atoms with E-state index in [9.17, 15) is 19.2 Å². The van der Waals surface area contributed by atoms with E-state index < -0.39 is 17.6 Å². The first-order valence-corrected chi connectivity index (χ1v) is 11.3. The Morgan fingerprint density at radius 3 is 2.85 bits per heavy atom. The molecule has 3 N–H and O–H groups in total. The number of fused-ring (bicyclic) bond motifs is 2. The summed E-state index contributed by atoms with van der Waals surface area (Å²) in [6.07, 6.45) is 1.58. The van der Waals surface area contributed by atoms with Gasteiger partial charge in [-0.1, -0.05) is 6.07 Å². The van der Waals surface area contributed by atoms with Gasteiger partial charge < -0.3 is 20.3 Å². The fraction of sp³-hybridized carbons (Fsp3) is 0.435. The van der Waals surface area contributed by atoms with Crippen LogP contribution < -0.4 is 10.6 Å². The molecule has 0 saturated carbocycles. The number of urea groups is 1. The average Bonchev–Trinajstić information content (AvgIpc) is 3.58. The Morgan fingerprint density at radius 2 is 2.12 bits per heavy atom. The zero-order chi connectivity index (χ0) is 24.0. The van der Waals surface area contributed by atoms with Gasteiger partial charge >= 0.3 is 12.1 Å². The number of carbonyl (C=O) groups is 4. The number of nitrogens with one attached hydrogen (secondary N) is 3. The van der Waals surface area contributed by atoms with Crippen LogP contribution in [0.3, 0.4) is 0 Å². The van der Waals surface area contributed by atoms with Crippen molar-refractivity contribution in [3.05, 3.63) is 46.8 Å². The van der Waals surface area contributed by atoms with E-state index in [0.717, 1.165) is 34.7 Å². The first kappa shape index (κ1) is 21.9. The summed E-state index contributed by atoms with van der Waals surface area (Å²) in [5.41, 5.74) is 2.24. The van der Waals surface area contributed by atoms with Gasteiger partial charge in [0.15, 0.2) is 0 Å². The Morgan fingerprint density at radius 1 is 1.29 bits per heavy atom. The fourth-order valence-corrected chi connectivity index (χ4v) is 5.13. The number of H-pyrrole nitrogens is 1. The van der Waals surface area contributed by atoms with E-state index in [4.69, 9.17) is 4.74 Å². The number of imide groups is 1. The fourth-order valence-electron chi connectivity index (χ4n) is 5.13. The molecule has 2 aromatic rings. The van der Waals surface area contributed by atoms with E-state index in [1.165, 1.54) is 7.05 Å². The highest BCUT2D eigenvalue weighted by Gasteiger charge is 2.58. The summed E-state index contributed by atoms with van der Waals surface area (Å²) in [5.74, 6) is -0.836. The van der Waals surface area contributed by atoms with Crippen LogP contribution in [-0.4, -0.2) is 64.1 Å². The predicted molar refractivity (Wildman–Crippen MR) is 120 cm³/mol. The zero-order valence-corrected chi connectivity index (χ0v) is 19.0. The van der Waals surface area contributed by atoms with Gasteiger partial charge in [-0.05, 0) is 49.9 Å². The first-order chi connectivity index (χ1) is 16.3. The first-order valence-electron chi connectivity index (χ1n) is 11.3. The SMILES string of the molecule is CNC(=O)Nc1ccc2c(c1)CC[C@@]21OC(=O)N(CC(=O)N2CCC[C@H]2c2cc(C)[nH]n2)C1=O. The summed E-state index contributed by atoms with van der Waals surface area (Å²) in [6, 6.07) is 6.50. The van der Waals surface area contributed by atoms with Gasteiger partial charge in [-0.15, -0.1) is 0 Å². The van der Waals surface area contributed by atoms with E-state index in [1.807, 2.05) is 13.0 Å². The normalized spacial score (nSPS) is 23.4. The Labute approximate surface area is 195 Å². The molecule has 5 rings (SSSR count). The summed E-state index contributed by atoms with van der Waals surface area (Å²) in [7, 11) is 1.52. The second-order valence-corrected chi connectivity index (χ2v) is 8.88. The van der Waals surface area contributed by atoms with Crippen molar-refractivity contribution in [3.63, 3.8) is 0 Å². The number of amides is 5. The van der Waals surface area contributed by atoms with Gasteiger partial charge in [0.2, 0.25) is 11.5 Å². The minimum atomic E-state index is -1.43. The highest BCUT2D eigenvalue weighted by Crippen LogP contribution is 2.46. The number of nitrogens with zero attached hydrogens (tertiary/aromatic N) is 3. The second kappa shape index (κ2) is 8.15. The minimum Gasteiger partial charge on any atom is -0.427 e. The largest absolute Gasteiger partial charge is 0.427 e. The summed E-state index contributed by atoms with van der Waals surface area (Å²) in [4.78, 5) is 53.5. The van der Waals surface area contributed by atoms with Crippen molar-refractivity contribution in [3.8, 4) is 0 Å². The van der Waals surface area contributed by atoms with Crippen LogP contribution in [0.25, 0.3) is 0 Å². The lowest BCUT2D eigenvalue weighted by Gasteiger charge is -2.25. The number of aromatic amines is 1. The number of ether oxygens (including phenoxy) is 1. The molecule has 1 aromatic carbocycles. The van der Waals surface area contributed by atoms with Gasteiger partial charge in [0.25, 0.3) is 5.91 Å². The van der Waals surface area contributed by atoms with E-state index >= 15 is 0 Å². The van der Waals surface area contributed by atoms with Gasteiger partial charge in [0.05, 0.1) is 11.7 Å². The smallest absolute Gasteiger partial charge is 0.418 e. The van der Waals surface area contributed by atoms with Crippen molar-refractivity contribution in [2.45, 2.75) is 44.2 Å². The van der Waals surface area contributed by atoms with Gasteiger partial charge in [0, 0.05) is 37.0 Å². The van der Waals surface area contributed by atoms with E-state index in [-0.39, 0.29) is 24.5 Å². The van der Waals surface area contributed by atoms with Crippen LogP contribution in [0.15, 0.2) is 24.3 Å². The summed E-state index contributed by atoms with van der Waals surface area (Å²) in [6.45, 7) is 2.07. The standard InChI is InChI=1S/C23H26N6O5/c1-13-10-17(27-26-13)18-4-3-9-28(18)19(30)12-29-20(31)23(34-22(29)33)8-7-14-11-15(5-6-16(14)23)25-21(32)24-2/h5-6,10-11,18H,3-4,7-9,12H2,1-2H3,(H,26,27)(H2,24,25,32)/t18-,23+/m0/s1. The maximum atomic E-state index is 13.4. The predicted octanol–water partition coefficient (Wildman–Crippen LogP) is 1.95. The number of likely N-dealkylation sites (tertiary alicyclic amines) is 1.